The van der Waals surface area contributed by atoms with Gasteiger partial charge in [-0.05, 0) is 51.1 Å². The Bertz CT molecular complexity index is 1300. The quantitative estimate of drug-likeness (QED) is 0.281. The maximum absolute atomic E-state index is 12.8. The zero-order valence-electron chi connectivity index (χ0n) is 19.2. The van der Waals surface area contributed by atoms with Crippen molar-refractivity contribution in [3.63, 3.8) is 0 Å². The first-order chi connectivity index (χ1) is 16.4. The maximum Gasteiger partial charge on any atom is 0.255 e. The number of carbonyl (C=O) groups excluding carboxylic acids is 2. The number of hydrogen-bond acceptors (Lipinski definition) is 5. The van der Waals surface area contributed by atoms with Crippen LogP contribution in [0.2, 0.25) is 0 Å². The molecule has 3 aromatic carbocycles. The van der Waals surface area contributed by atoms with E-state index in [0.29, 0.717) is 16.4 Å². The first-order valence-corrected chi connectivity index (χ1v) is 12.6. The highest BCUT2D eigenvalue weighted by Crippen LogP contribution is 2.31. The molecule has 5 nitrogen and oxygen atoms in total. The lowest BCUT2D eigenvalue weighted by Gasteiger charge is -2.12. The van der Waals surface area contributed by atoms with Crippen LogP contribution in [0.5, 0.6) is 0 Å². The van der Waals surface area contributed by atoms with Crippen molar-refractivity contribution in [1.82, 2.24) is 4.98 Å². The summed E-state index contributed by atoms with van der Waals surface area (Å²) in [4.78, 5) is 31.9. The first-order valence-electron chi connectivity index (χ1n) is 10.9. The van der Waals surface area contributed by atoms with E-state index in [9.17, 15) is 9.59 Å². The fourth-order valence-electron chi connectivity index (χ4n) is 3.33. The van der Waals surface area contributed by atoms with Gasteiger partial charge in [-0.1, -0.05) is 54.1 Å². The minimum atomic E-state index is -0.340. The molecule has 2 N–H and O–H groups in total. The summed E-state index contributed by atoms with van der Waals surface area (Å²) in [5.74, 6) is -0.284. The predicted molar refractivity (Wildman–Crippen MR) is 142 cm³/mol. The van der Waals surface area contributed by atoms with E-state index in [0.717, 1.165) is 26.6 Å². The molecule has 0 saturated carbocycles. The number of carbonyl (C=O) groups is 2. The molecule has 1 heterocycles. The van der Waals surface area contributed by atoms with E-state index >= 15 is 0 Å². The molecule has 34 heavy (non-hydrogen) atoms. The van der Waals surface area contributed by atoms with E-state index in [-0.39, 0.29) is 17.1 Å². The number of thioether (sulfide) groups is 1. The second-order valence-corrected chi connectivity index (χ2v) is 10.5. The van der Waals surface area contributed by atoms with Crippen molar-refractivity contribution in [2.75, 3.05) is 10.6 Å². The SMILES string of the molecule is Cc1ccc(C(=O)Nc2cccc(SC(C)C(=O)Nc3nc(-c4ccccc4)c(C)s3)c2)cc1. The highest BCUT2D eigenvalue weighted by atomic mass is 32.2. The molecular weight excluding hydrogens is 462 g/mol. The Morgan fingerprint density at radius 1 is 0.912 bits per heavy atom. The average molecular weight is 488 g/mol. The average Bonchev–Trinajstić information content (AvgIpc) is 3.20. The van der Waals surface area contributed by atoms with Gasteiger partial charge in [-0.15, -0.1) is 23.1 Å². The van der Waals surface area contributed by atoms with Crippen LogP contribution >= 0.6 is 23.1 Å². The molecule has 0 aliphatic carbocycles. The van der Waals surface area contributed by atoms with Gasteiger partial charge in [0.25, 0.3) is 5.91 Å². The van der Waals surface area contributed by atoms with E-state index in [1.54, 1.807) is 12.1 Å². The lowest BCUT2D eigenvalue weighted by molar-refractivity contribution is -0.115. The number of benzene rings is 3. The van der Waals surface area contributed by atoms with Crippen molar-refractivity contribution in [2.24, 2.45) is 0 Å². The van der Waals surface area contributed by atoms with Gasteiger partial charge in [-0.3, -0.25) is 9.59 Å². The molecule has 1 aromatic heterocycles. The number of aromatic nitrogens is 1. The highest BCUT2D eigenvalue weighted by Gasteiger charge is 2.18. The van der Waals surface area contributed by atoms with Crippen LogP contribution in [-0.4, -0.2) is 22.0 Å². The summed E-state index contributed by atoms with van der Waals surface area (Å²) in [6.07, 6.45) is 0. The Labute approximate surface area is 207 Å². The molecule has 0 fully saturated rings. The van der Waals surface area contributed by atoms with Crippen LogP contribution in [0, 0.1) is 13.8 Å². The highest BCUT2D eigenvalue weighted by molar-refractivity contribution is 8.00. The molecule has 4 aromatic rings. The number of amides is 2. The maximum atomic E-state index is 12.8. The Balaban J connectivity index is 1.38. The minimum Gasteiger partial charge on any atom is -0.322 e. The van der Waals surface area contributed by atoms with Gasteiger partial charge in [0.05, 0.1) is 10.9 Å². The van der Waals surface area contributed by atoms with Gasteiger partial charge in [0, 0.05) is 26.6 Å². The number of anilines is 2. The summed E-state index contributed by atoms with van der Waals surface area (Å²) in [7, 11) is 0. The Kier molecular flexibility index (Phi) is 7.45. The topological polar surface area (TPSA) is 71.1 Å². The lowest BCUT2D eigenvalue weighted by atomic mass is 10.1. The molecule has 0 spiro atoms. The molecule has 2 amide bonds. The monoisotopic (exact) mass is 487 g/mol. The molecule has 0 radical (unpaired) electrons. The van der Waals surface area contributed by atoms with Crippen LogP contribution in [0.4, 0.5) is 10.8 Å². The molecule has 1 atom stereocenters. The van der Waals surface area contributed by atoms with Gasteiger partial charge in [0.15, 0.2) is 5.13 Å². The van der Waals surface area contributed by atoms with Gasteiger partial charge in [0.2, 0.25) is 5.91 Å². The van der Waals surface area contributed by atoms with Gasteiger partial charge in [-0.25, -0.2) is 4.98 Å². The molecule has 4 rings (SSSR count). The van der Waals surface area contributed by atoms with Crippen molar-refractivity contribution in [1.29, 1.82) is 0 Å². The van der Waals surface area contributed by atoms with Gasteiger partial charge in [0.1, 0.15) is 0 Å². The molecule has 1 unspecified atom stereocenters. The lowest BCUT2D eigenvalue weighted by Crippen LogP contribution is -2.22. The molecule has 0 bridgehead atoms. The summed E-state index contributed by atoms with van der Waals surface area (Å²) < 4.78 is 0. The van der Waals surface area contributed by atoms with E-state index in [2.05, 4.69) is 15.6 Å². The van der Waals surface area contributed by atoms with Crippen molar-refractivity contribution in [3.8, 4) is 11.3 Å². The van der Waals surface area contributed by atoms with Crippen molar-refractivity contribution in [3.05, 3.63) is 94.9 Å². The van der Waals surface area contributed by atoms with Crippen LogP contribution in [0.1, 0.15) is 27.7 Å². The van der Waals surface area contributed by atoms with Crippen LogP contribution in [0.3, 0.4) is 0 Å². The molecular formula is C27H25N3O2S2. The number of nitrogens with one attached hydrogen (secondary N) is 2. The minimum absolute atomic E-state index is 0.118. The number of hydrogen-bond donors (Lipinski definition) is 2. The standard InChI is InChI=1S/C27H25N3O2S2/c1-17-12-14-21(15-13-17)26(32)28-22-10-7-11-23(16-22)33-19(3)25(31)30-27-29-24(18(2)34-27)20-8-5-4-6-9-20/h4-16,19H,1-3H3,(H,28,32)(H,29,30,31). The summed E-state index contributed by atoms with van der Waals surface area (Å²) in [5, 5.41) is 6.12. The molecule has 172 valence electrons. The molecule has 0 saturated heterocycles. The Morgan fingerprint density at radius 2 is 1.65 bits per heavy atom. The first kappa shape index (κ1) is 23.7. The Morgan fingerprint density at radius 3 is 2.38 bits per heavy atom. The van der Waals surface area contributed by atoms with E-state index in [1.165, 1.54) is 23.1 Å². The normalized spacial score (nSPS) is 11.6. The molecule has 0 aliphatic rings. The molecule has 7 heteroatoms. The van der Waals surface area contributed by atoms with Crippen LogP contribution in [-0.2, 0) is 4.79 Å². The van der Waals surface area contributed by atoms with Gasteiger partial charge >= 0.3 is 0 Å². The zero-order chi connectivity index (χ0) is 24.1. The van der Waals surface area contributed by atoms with Crippen LogP contribution in [0.15, 0.2) is 83.8 Å². The van der Waals surface area contributed by atoms with Gasteiger partial charge < -0.3 is 10.6 Å². The third kappa shape index (κ3) is 5.92. The second-order valence-electron chi connectivity index (χ2n) is 7.89. The van der Waals surface area contributed by atoms with Crippen molar-refractivity contribution in [2.45, 2.75) is 30.9 Å². The zero-order valence-corrected chi connectivity index (χ0v) is 20.8. The Hall–Kier alpha value is -3.42. The summed E-state index contributed by atoms with van der Waals surface area (Å²) in [6.45, 7) is 5.85. The third-order valence-electron chi connectivity index (χ3n) is 5.16. The summed E-state index contributed by atoms with van der Waals surface area (Å²) >= 11 is 2.90. The fraction of sp³-hybridized carbons (Fsp3) is 0.148. The van der Waals surface area contributed by atoms with E-state index in [4.69, 9.17) is 0 Å². The fourth-order valence-corrected chi connectivity index (χ4v) is 5.10. The second kappa shape index (κ2) is 10.7. The van der Waals surface area contributed by atoms with E-state index in [1.807, 2.05) is 87.5 Å². The number of nitrogens with zero attached hydrogens (tertiary/aromatic N) is 1. The number of rotatable bonds is 7. The van der Waals surface area contributed by atoms with E-state index < -0.39 is 0 Å². The summed E-state index contributed by atoms with van der Waals surface area (Å²) in [6, 6.07) is 24.9. The summed E-state index contributed by atoms with van der Waals surface area (Å²) in [5.41, 5.74) is 4.31. The predicted octanol–water partition coefficient (Wildman–Crippen LogP) is 6.80. The van der Waals surface area contributed by atoms with Crippen molar-refractivity contribution >= 4 is 45.7 Å². The third-order valence-corrected chi connectivity index (χ3v) is 7.14. The smallest absolute Gasteiger partial charge is 0.255 e. The van der Waals surface area contributed by atoms with Gasteiger partial charge in [-0.2, -0.15) is 0 Å². The van der Waals surface area contributed by atoms with Crippen LogP contribution < -0.4 is 10.6 Å². The molecule has 0 aliphatic heterocycles. The number of aryl methyl sites for hydroxylation is 2. The largest absolute Gasteiger partial charge is 0.322 e. The van der Waals surface area contributed by atoms with Crippen LogP contribution in [0.25, 0.3) is 11.3 Å². The number of thiazole rings is 1. The van der Waals surface area contributed by atoms with Crippen molar-refractivity contribution < 1.29 is 9.59 Å².